The van der Waals surface area contributed by atoms with Gasteiger partial charge in [0, 0.05) is 26.2 Å². The molecule has 30 heavy (non-hydrogen) atoms. The summed E-state index contributed by atoms with van der Waals surface area (Å²) < 4.78 is 16.0. The highest BCUT2D eigenvalue weighted by Gasteiger charge is 2.23. The summed E-state index contributed by atoms with van der Waals surface area (Å²) in [4.78, 5) is 28.2. The Bertz CT molecular complexity index is 891. The lowest BCUT2D eigenvalue weighted by Crippen LogP contribution is -2.50. The molecule has 2 aromatic rings. The van der Waals surface area contributed by atoms with Crippen LogP contribution in [0.1, 0.15) is 11.1 Å². The molecular weight excluding hydrogens is 384 g/mol. The number of rotatable bonds is 7. The molecule has 1 fully saturated rings. The molecule has 0 aliphatic carbocycles. The zero-order chi connectivity index (χ0) is 21.5. The van der Waals surface area contributed by atoms with E-state index < -0.39 is 5.97 Å². The number of piperazine rings is 1. The van der Waals surface area contributed by atoms with Crippen LogP contribution < -0.4 is 14.4 Å². The largest absolute Gasteiger partial charge is 0.495 e. The number of aryl methyl sites for hydroxylation is 2. The number of hydrogen-bond acceptors (Lipinski definition) is 6. The molecule has 0 saturated carbocycles. The van der Waals surface area contributed by atoms with E-state index >= 15 is 0 Å². The van der Waals surface area contributed by atoms with Gasteiger partial charge >= 0.3 is 5.97 Å². The summed E-state index contributed by atoms with van der Waals surface area (Å²) in [6.45, 7) is 6.00. The zero-order valence-electron chi connectivity index (χ0n) is 17.7. The average molecular weight is 412 g/mol. The maximum Gasteiger partial charge on any atom is 0.344 e. The van der Waals surface area contributed by atoms with Crippen LogP contribution >= 0.6 is 0 Å². The van der Waals surface area contributed by atoms with Crippen molar-refractivity contribution in [3.8, 4) is 11.5 Å². The van der Waals surface area contributed by atoms with Crippen LogP contribution in [0, 0.1) is 13.8 Å². The van der Waals surface area contributed by atoms with E-state index in [4.69, 9.17) is 14.2 Å². The van der Waals surface area contributed by atoms with Crippen LogP contribution in [0.5, 0.6) is 11.5 Å². The minimum Gasteiger partial charge on any atom is -0.495 e. The fourth-order valence-corrected chi connectivity index (χ4v) is 3.31. The van der Waals surface area contributed by atoms with E-state index in [0.717, 1.165) is 22.6 Å². The van der Waals surface area contributed by atoms with Gasteiger partial charge in [-0.15, -0.1) is 0 Å². The number of carbonyl (C=O) groups excluding carboxylic acids is 2. The smallest absolute Gasteiger partial charge is 0.344 e. The number of methoxy groups -OCH3 is 1. The van der Waals surface area contributed by atoms with E-state index in [2.05, 4.69) is 4.90 Å². The first kappa shape index (κ1) is 21.5. The monoisotopic (exact) mass is 412 g/mol. The van der Waals surface area contributed by atoms with Crippen molar-refractivity contribution in [1.82, 2.24) is 4.90 Å². The molecular formula is C23H28N2O5. The van der Waals surface area contributed by atoms with Gasteiger partial charge in [-0.2, -0.15) is 0 Å². The van der Waals surface area contributed by atoms with Crippen molar-refractivity contribution in [2.75, 3.05) is 51.4 Å². The van der Waals surface area contributed by atoms with Crippen molar-refractivity contribution >= 4 is 17.6 Å². The second kappa shape index (κ2) is 10.0. The van der Waals surface area contributed by atoms with Crippen LogP contribution in [0.4, 0.5) is 5.69 Å². The zero-order valence-corrected chi connectivity index (χ0v) is 17.7. The second-order valence-corrected chi connectivity index (χ2v) is 7.24. The fourth-order valence-electron chi connectivity index (χ4n) is 3.31. The predicted molar refractivity (Wildman–Crippen MR) is 114 cm³/mol. The topological polar surface area (TPSA) is 68.3 Å². The van der Waals surface area contributed by atoms with Gasteiger partial charge in [-0.25, -0.2) is 4.79 Å². The number of nitrogens with zero attached hydrogens (tertiary/aromatic N) is 2. The van der Waals surface area contributed by atoms with Gasteiger partial charge in [0.2, 0.25) is 0 Å². The Morgan fingerprint density at radius 1 is 0.933 bits per heavy atom. The Morgan fingerprint density at radius 3 is 2.37 bits per heavy atom. The minimum atomic E-state index is -0.561. The minimum absolute atomic E-state index is 0.200. The van der Waals surface area contributed by atoms with Crippen molar-refractivity contribution in [3.05, 3.63) is 53.6 Å². The van der Waals surface area contributed by atoms with Gasteiger partial charge in [-0.1, -0.05) is 18.2 Å². The molecule has 3 rings (SSSR count). The lowest BCUT2D eigenvalue weighted by atomic mass is 10.1. The van der Waals surface area contributed by atoms with Crippen molar-refractivity contribution < 1.29 is 23.8 Å². The number of amides is 1. The maximum absolute atomic E-state index is 12.4. The predicted octanol–water partition coefficient (Wildman–Crippen LogP) is 2.58. The Hall–Kier alpha value is -3.22. The molecule has 0 radical (unpaired) electrons. The third-order valence-electron chi connectivity index (χ3n) is 5.25. The molecule has 1 aliphatic heterocycles. The van der Waals surface area contributed by atoms with E-state index in [1.54, 1.807) is 12.0 Å². The molecule has 0 N–H and O–H groups in total. The summed E-state index contributed by atoms with van der Waals surface area (Å²) in [7, 11) is 1.65. The van der Waals surface area contributed by atoms with Crippen LogP contribution in [0.25, 0.3) is 0 Å². The molecule has 2 aromatic carbocycles. The molecule has 1 heterocycles. The van der Waals surface area contributed by atoms with Gasteiger partial charge in [0.1, 0.15) is 11.5 Å². The normalized spacial score (nSPS) is 13.7. The van der Waals surface area contributed by atoms with Crippen molar-refractivity contribution in [3.63, 3.8) is 0 Å². The number of benzene rings is 2. The van der Waals surface area contributed by atoms with Gasteiger partial charge in [0.05, 0.1) is 12.8 Å². The highest BCUT2D eigenvalue weighted by molar-refractivity contribution is 5.81. The van der Waals surface area contributed by atoms with E-state index in [1.807, 2.05) is 56.3 Å². The number of esters is 1. The quantitative estimate of drug-likeness (QED) is 0.651. The maximum atomic E-state index is 12.4. The first-order chi connectivity index (χ1) is 14.5. The summed E-state index contributed by atoms with van der Waals surface area (Å²) in [5.74, 6) is 0.659. The summed E-state index contributed by atoms with van der Waals surface area (Å²) in [6, 6.07) is 13.4. The fraction of sp³-hybridized carbons (Fsp3) is 0.391. The molecule has 0 bridgehead atoms. The molecule has 160 valence electrons. The van der Waals surface area contributed by atoms with Crippen molar-refractivity contribution in [2.45, 2.75) is 13.8 Å². The molecule has 1 aliphatic rings. The van der Waals surface area contributed by atoms with Gasteiger partial charge < -0.3 is 24.0 Å². The van der Waals surface area contributed by atoms with Gasteiger partial charge in [0.15, 0.2) is 13.2 Å². The summed E-state index contributed by atoms with van der Waals surface area (Å²) >= 11 is 0. The Kier molecular flexibility index (Phi) is 7.17. The van der Waals surface area contributed by atoms with Gasteiger partial charge in [0.25, 0.3) is 5.91 Å². The molecule has 0 aromatic heterocycles. The Labute approximate surface area is 177 Å². The van der Waals surface area contributed by atoms with Crippen LogP contribution in [-0.4, -0.2) is 63.3 Å². The third-order valence-corrected chi connectivity index (χ3v) is 5.25. The molecule has 0 unspecified atom stereocenters. The number of anilines is 1. The average Bonchev–Trinajstić information content (AvgIpc) is 2.78. The highest BCUT2D eigenvalue weighted by Crippen LogP contribution is 2.28. The standard InChI is InChI=1S/C23H28N2O5/c1-17-8-9-19(14-18(17)2)29-16-23(27)30-15-22(26)25-12-10-24(11-13-25)20-6-4-5-7-21(20)28-3/h4-9,14H,10-13,15-16H2,1-3H3. The first-order valence-corrected chi connectivity index (χ1v) is 9.99. The van der Waals surface area contributed by atoms with Crippen LogP contribution in [0.3, 0.4) is 0 Å². The van der Waals surface area contributed by atoms with E-state index in [-0.39, 0.29) is 19.1 Å². The van der Waals surface area contributed by atoms with Crippen molar-refractivity contribution in [2.24, 2.45) is 0 Å². The number of carbonyl (C=O) groups is 2. The third kappa shape index (κ3) is 5.43. The molecule has 0 spiro atoms. The lowest BCUT2D eigenvalue weighted by molar-refractivity contribution is -0.153. The van der Waals surface area contributed by atoms with E-state index in [0.29, 0.717) is 31.9 Å². The lowest BCUT2D eigenvalue weighted by Gasteiger charge is -2.36. The number of ether oxygens (including phenoxy) is 3. The van der Waals surface area contributed by atoms with E-state index in [1.165, 1.54) is 0 Å². The van der Waals surface area contributed by atoms with Crippen molar-refractivity contribution in [1.29, 1.82) is 0 Å². The molecule has 0 atom stereocenters. The summed E-state index contributed by atoms with van der Waals surface area (Å²) in [5, 5.41) is 0. The highest BCUT2D eigenvalue weighted by atomic mass is 16.6. The molecule has 7 nitrogen and oxygen atoms in total. The molecule has 7 heteroatoms. The molecule has 1 saturated heterocycles. The van der Waals surface area contributed by atoms with E-state index in [9.17, 15) is 9.59 Å². The van der Waals surface area contributed by atoms with Gasteiger partial charge in [-0.3, -0.25) is 4.79 Å². The SMILES string of the molecule is COc1ccccc1N1CCN(C(=O)COC(=O)COc2ccc(C)c(C)c2)CC1. The molecule has 1 amide bonds. The number of para-hydroxylation sites is 2. The Balaban J connectivity index is 1.41. The summed E-state index contributed by atoms with van der Waals surface area (Å²) in [6.07, 6.45) is 0. The van der Waals surface area contributed by atoms with Crippen LogP contribution in [-0.2, 0) is 14.3 Å². The first-order valence-electron chi connectivity index (χ1n) is 9.99. The van der Waals surface area contributed by atoms with Crippen LogP contribution in [0.15, 0.2) is 42.5 Å². The Morgan fingerprint density at radius 2 is 1.67 bits per heavy atom. The van der Waals surface area contributed by atoms with Gasteiger partial charge in [-0.05, 0) is 49.2 Å². The summed E-state index contributed by atoms with van der Waals surface area (Å²) in [5.41, 5.74) is 3.26. The second-order valence-electron chi connectivity index (χ2n) is 7.24. The van der Waals surface area contributed by atoms with Crippen LogP contribution in [0.2, 0.25) is 0 Å². The number of hydrogen-bond donors (Lipinski definition) is 0.